The molecule has 150 valence electrons. The minimum absolute atomic E-state index is 0.0317. The molecule has 1 saturated carbocycles. The van der Waals surface area contributed by atoms with E-state index in [2.05, 4.69) is 27.8 Å². The number of tetrazole rings is 1. The van der Waals surface area contributed by atoms with Gasteiger partial charge >= 0.3 is 6.09 Å². The molecule has 27 heavy (non-hydrogen) atoms. The van der Waals surface area contributed by atoms with E-state index in [1.807, 2.05) is 4.90 Å². The second-order valence-corrected chi connectivity index (χ2v) is 7.72. The van der Waals surface area contributed by atoms with Gasteiger partial charge in [-0.2, -0.15) is 0 Å². The van der Waals surface area contributed by atoms with Crippen LogP contribution in [0.4, 0.5) is 4.79 Å². The molecule has 2 N–H and O–H groups in total. The number of amides is 2. The van der Waals surface area contributed by atoms with Gasteiger partial charge < -0.3 is 15.3 Å². The lowest BCUT2D eigenvalue weighted by Gasteiger charge is -2.29. The molecule has 0 radical (unpaired) electrons. The van der Waals surface area contributed by atoms with Crippen molar-refractivity contribution in [2.45, 2.75) is 70.9 Å². The van der Waals surface area contributed by atoms with E-state index < -0.39 is 6.09 Å². The van der Waals surface area contributed by atoms with Crippen molar-refractivity contribution in [1.82, 2.24) is 30.4 Å². The van der Waals surface area contributed by atoms with Crippen LogP contribution in [-0.2, 0) is 11.3 Å². The Kier molecular flexibility index (Phi) is 6.63. The lowest BCUT2D eigenvalue weighted by atomic mass is 9.91. The first kappa shape index (κ1) is 19.6. The van der Waals surface area contributed by atoms with E-state index >= 15 is 0 Å². The maximum atomic E-state index is 13.3. The van der Waals surface area contributed by atoms with E-state index in [-0.39, 0.29) is 24.4 Å². The summed E-state index contributed by atoms with van der Waals surface area (Å²) in [5.74, 6) is 0.971. The molecule has 1 aromatic heterocycles. The van der Waals surface area contributed by atoms with Crippen molar-refractivity contribution in [3.8, 4) is 0 Å². The summed E-state index contributed by atoms with van der Waals surface area (Å²) < 4.78 is 1.79. The van der Waals surface area contributed by atoms with Gasteiger partial charge in [0.25, 0.3) is 0 Å². The highest BCUT2D eigenvalue weighted by Gasteiger charge is 2.37. The lowest BCUT2D eigenvalue weighted by Crippen LogP contribution is -2.42. The van der Waals surface area contributed by atoms with Gasteiger partial charge in [-0.05, 0) is 42.0 Å². The van der Waals surface area contributed by atoms with Crippen molar-refractivity contribution in [3.63, 3.8) is 0 Å². The molecular weight excluding hydrogens is 348 g/mol. The summed E-state index contributed by atoms with van der Waals surface area (Å²) in [5.41, 5.74) is 0. The standard InChI is InChI=1S/C18H30N6O3/c1-2-9-24-16(20-21-22-24)15-8-5-10-23(15)17(25)14(12-19-18(26)27)11-13-6-3-4-7-13/h13-15,19H,2-12H2,1H3,(H,26,27)/t14-,15+/m1/s1. The number of hydrogen-bond acceptors (Lipinski definition) is 5. The van der Waals surface area contributed by atoms with Crippen LogP contribution in [0.15, 0.2) is 0 Å². The van der Waals surface area contributed by atoms with Crippen molar-refractivity contribution in [2.75, 3.05) is 13.1 Å². The van der Waals surface area contributed by atoms with E-state index in [0.29, 0.717) is 12.5 Å². The molecule has 3 rings (SSSR count). The minimum Gasteiger partial charge on any atom is -0.465 e. The van der Waals surface area contributed by atoms with Crippen LogP contribution in [0.1, 0.15) is 70.2 Å². The molecule has 9 nitrogen and oxygen atoms in total. The molecule has 2 fully saturated rings. The number of aromatic nitrogens is 4. The van der Waals surface area contributed by atoms with Crippen molar-refractivity contribution >= 4 is 12.0 Å². The summed E-state index contributed by atoms with van der Waals surface area (Å²) in [5, 5.41) is 23.5. The highest BCUT2D eigenvalue weighted by Crippen LogP contribution is 2.35. The van der Waals surface area contributed by atoms with Crippen LogP contribution in [0.2, 0.25) is 0 Å². The van der Waals surface area contributed by atoms with Crippen molar-refractivity contribution in [1.29, 1.82) is 0 Å². The van der Waals surface area contributed by atoms with Gasteiger partial charge in [-0.25, -0.2) is 9.48 Å². The van der Waals surface area contributed by atoms with Crippen molar-refractivity contribution < 1.29 is 14.7 Å². The maximum absolute atomic E-state index is 13.3. The average Bonchev–Trinajstić information content (AvgIpc) is 3.38. The quantitative estimate of drug-likeness (QED) is 0.717. The zero-order chi connectivity index (χ0) is 19.2. The van der Waals surface area contributed by atoms with Crippen molar-refractivity contribution in [3.05, 3.63) is 5.82 Å². The van der Waals surface area contributed by atoms with E-state index in [9.17, 15) is 9.59 Å². The van der Waals surface area contributed by atoms with E-state index in [1.165, 1.54) is 12.8 Å². The summed E-state index contributed by atoms with van der Waals surface area (Å²) >= 11 is 0. The third-order valence-corrected chi connectivity index (χ3v) is 5.77. The van der Waals surface area contributed by atoms with Gasteiger partial charge in [-0.1, -0.05) is 32.6 Å². The molecule has 2 aliphatic rings. The topological polar surface area (TPSA) is 113 Å². The number of carbonyl (C=O) groups is 2. The van der Waals surface area contributed by atoms with Crippen LogP contribution in [0.25, 0.3) is 0 Å². The molecule has 1 aromatic rings. The Bertz CT molecular complexity index is 643. The number of nitrogens with zero attached hydrogens (tertiary/aromatic N) is 5. The summed E-state index contributed by atoms with van der Waals surface area (Å²) in [6.07, 6.45) is 7.03. The highest BCUT2D eigenvalue weighted by molar-refractivity contribution is 5.80. The number of likely N-dealkylation sites (tertiary alicyclic amines) is 1. The Morgan fingerprint density at radius 3 is 2.74 bits per heavy atom. The molecule has 0 aromatic carbocycles. The van der Waals surface area contributed by atoms with E-state index in [1.54, 1.807) is 4.68 Å². The van der Waals surface area contributed by atoms with Crippen LogP contribution >= 0.6 is 0 Å². The first-order valence-corrected chi connectivity index (χ1v) is 10.1. The second-order valence-electron chi connectivity index (χ2n) is 7.72. The Hall–Kier alpha value is -2.19. The molecule has 0 unspecified atom stereocenters. The Morgan fingerprint density at radius 2 is 2.04 bits per heavy atom. The third-order valence-electron chi connectivity index (χ3n) is 5.77. The smallest absolute Gasteiger partial charge is 0.404 e. The summed E-state index contributed by atoms with van der Waals surface area (Å²) in [4.78, 5) is 26.2. The fourth-order valence-electron chi connectivity index (χ4n) is 4.49. The molecule has 1 saturated heterocycles. The minimum atomic E-state index is -1.08. The summed E-state index contributed by atoms with van der Waals surface area (Å²) in [7, 11) is 0. The molecule has 2 heterocycles. The molecule has 1 aliphatic carbocycles. The molecule has 0 bridgehead atoms. The van der Waals surface area contributed by atoms with E-state index in [0.717, 1.165) is 50.9 Å². The van der Waals surface area contributed by atoms with Gasteiger partial charge in [-0.3, -0.25) is 4.79 Å². The van der Waals surface area contributed by atoms with Gasteiger partial charge in [0.1, 0.15) is 0 Å². The third kappa shape index (κ3) is 4.75. The maximum Gasteiger partial charge on any atom is 0.404 e. The highest BCUT2D eigenvalue weighted by atomic mass is 16.4. The van der Waals surface area contributed by atoms with E-state index in [4.69, 9.17) is 5.11 Å². The monoisotopic (exact) mass is 378 g/mol. The Labute approximate surface area is 159 Å². The van der Waals surface area contributed by atoms with Crippen LogP contribution < -0.4 is 5.32 Å². The lowest BCUT2D eigenvalue weighted by molar-refractivity contribution is -0.137. The number of nitrogens with one attached hydrogen (secondary N) is 1. The zero-order valence-corrected chi connectivity index (χ0v) is 16.0. The largest absolute Gasteiger partial charge is 0.465 e. The molecule has 2 amide bonds. The predicted octanol–water partition coefficient (Wildman–Crippen LogP) is 2.21. The van der Waals surface area contributed by atoms with Gasteiger partial charge in [0.05, 0.1) is 12.0 Å². The molecule has 9 heteroatoms. The van der Waals surface area contributed by atoms with Crippen LogP contribution in [0.5, 0.6) is 0 Å². The number of rotatable bonds is 8. The van der Waals surface area contributed by atoms with Crippen molar-refractivity contribution in [2.24, 2.45) is 11.8 Å². The second kappa shape index (κ2) is 9.14. The van der Waals surface area contributed by atoms with Gasteiger partial charge in [-0.15, -0.1) is 5.10 Å². The first-order chi connectivity index (χ1) is 13.1. The molecule has 2 atom stereocenters. The first-order valence-electron chi connectivity index (χ1n) is 10.1. The number of aryl methyl sites for hydroxylation is 1. The Morgan fingerprint density at radius 1 is 1.26 bits per heavy atom. The zero-order valence-electron chi connectivity index (χ0n) is 16.0. The van der Waals surface area contributed by atoms with Gasteiger partial charge in [0, 0.05) is 19.6 Å². The van der Waals surface area contributed by atoms with Crippen LogP contribution in [0, 0.1) is 11.8 Å². The van der Waals surface area contributed by atoms with Gasteiger partial charge in [0.15, 0.2) is 5.82 Å². The molecule has 0 spiro atoms. The molecular formula is C18H30N6O3. The summed E-state index contributed by atoms with van der Waals surface area (Å²) in [6, 6.07) is -0.116. The predicted molar refractivity (Wildman–Crippen MR) is 97.9 cm³/mol. The fraction of sp³-hybridized carbons (Fsp3) is 0.833. The SMILES string of the molecule is CCCn1nnnc1[C@@H]1CCCN1C(=O)[C@@H](CNC(=O)O)CC1CCCC1. The average molecular weight is 378 g/mol. The number of carbonyl (C=O) groups excluding carboxylic acids is 1. The summed E-state index contributed by atoms with van der Waals surface area (Å²) in [6.45, 7) is 3.65. The number of carboxylic acid groups (broad SMARTS) is 1. The normalized spacial score (nSPS) is 21.5. The fourth-order valence-corrected chi connectivity index (χ4v) is 4.49. The molecule has 1 aliphatic heterocycles. The van der Waals surface area contributed by atoms with Crippen LogP contribution in [0.3, 0.4) is 0 Å². The number of hydrogen-bond donors (Lipinski definition) is 2. The Balaban J connectivity index is 1.73. The van der Waals surface area contributed by atoms with Gasteiger partial charge in [0.2, 0.25) is 5.91 Å². The van der Waals surface area contributed by atoms with Crippen LogP contribution in [-0.4, -0.2) is 55.3 Å².